The number of hydrogen-bond acceptors (Lipinski definition) is 1. The Kier molecular flexibility index (Phi) is 2.96. The number of fused-ring (bicyclic) bond motifs is 1. The molecule has 2 aliphatic rings. The molecular weight excluding hydrogens is 134 g/mol. The second-order valence-corrected chi connectivity index (χ2v) is 2.40. The molecule has 0 bridgehead atoms. The van der Waals surface area contributed by atoms with Gasteiger partial charge >= 0.3 is 0 Å². The lowest BCUT2D eigenvalue weighted by molar-refractivity contribution is 0.770. The summed E-state index contributed by atoms with van der Waals surface area (Å²) in [4.78, 5) is 0. The highest BCUT2D eigenvalue weighted by atomic mass is 14.9. The first kappa shape index (κ1) is 8.12. The second-order valence-electron chi connectivity index (χ2n) is 2.40. The van der Waals surface area contributed by atoms with Crippen molar-refractivity contribution in [3.8, 4) is 0 Å². The SMILES string of the molecule is C1=CC2=CNCC2C=C1.CC. The third-order valence-electron chi connectivity index (χ3n) is 1.78. The molecule has 0 saturated carbocycles. The van der Waals surface area contributed by atoms with Crippen LogP contribution in [0, 0.1) is 5.92 Å². The summed E-state index contributed by atoms with van der Waals surface area (Å²) in [5.41, 5.74) is 1.41. The van der Waals surface area contributed by atoms with Gasteiger partial charge in [0, 0.05) is 18.7 Å². The Morgan fingerprint density at radius 2 is 2.18 bits per heavy atom. The van der Waals surface area contributed by atoms with Gasteiger partial charge in [0.25, 0.3) is 0 Å². The van der Waals surface area contributed by atoms with Crippen LogP contribution >= 0.6 is 0 Å². The van der Waals surface area contributed by atoms with Crippen molar-refractivity contribution < 1.29 is 0 Å². The minimum absolute atomic E-state index is 0.648. The van der Waals surface area contributed by atoms with Crippen molar-refractivity contribution in [1.29, 1.82) is 0 Å². The molecule has 1 heteroatoms. The van der Waals surface area contributed by atoms with E-state index in [1.807, 2.05) is 13.8 Å². The van der Waals surface area contributed by atoms with Gasteiger partial charge in [0.15, 0.2) is 0 Å². The van der Waals surface area contributed by atoms with E-state index in [0.29, 0.717) is 5.92 Å². The van der Waals surface area contributed by atoms with Gasteiger partial charge < -0.3 is 5.32 Å². The van der Waals surface area contributed by atoms with Crippen LogP contribution in [0.15, 0.2) is 36.1 Å². The Morgan fingerprint density at radius 3 is 2.91 bits per heavy atom. The van der Waals surface area contributed by atoms with Crippen LogP contribution in [0.4, 0.5) is 0 Å². The van der Waals surface area contributed by atoms with Crippen LogP contribution in [0.25, 0.3) is 0 Å². The number of rotatable bonds is 0. The smallest absolute Gasteiger partial charge is 0.0245 e. The van der Waals surface area contributed by atoms with Crippen LogP contribution in [-0.4, -0.2) is 6.54 Å². The largest absolute Gasteiger partial charge is 0.390 e. The molecule has 1 nitrogen and oxygen atoms in total. The summed E-state index contributed by atoms with van der Waals surface area (Å²) < 4.78 is 0. The first-order valence-corrected chi connectivity index (χ1v) is 4.25. The maximum Gasteiger partial charge on any atom is 0.0245 e. The van der Waals surface area contributed by atoms with Crippen molar-refractivity contribution in [2.45, 2.75) is 13.8 Å². The van der Waals surface area contributed by atoms with Crippen molar-refractivity contribution in [3.05, 3.63) is 36.1 Å². The first-order chi connectivity index (χ1) is 5.47. The second kappa shape index (κ2) is 4.02. The van der Waals surface area contributed by atoms with E-state index in [9.17, 15) is 0 Å². The fourth-order valence-corrected chi connectivity index (χ4v) is 1.24. The van der Waals surface area contributed by atoms with Crippen LogP contribution < -0.4 is 5.32 Å². The van der Waals surface area contributed by atoms with E-state index in [2.05, 4.69) is 35.8 Å². The number of nitrogens with one attached hydrogen (secondary N) is 1. The van der Waals surface area contributed by atoms with E-state index < -0.39 is 0 Å². The summed E-state index contributed by atoms with van der Waals surface area (Å²) in [5.74, 6) is 0.648. The standard InChI is InChI=1S/C8H9N.C2H6/c1-2-4-8-6-9-5-7(8)3-1;1-2/h1-5,8-9H,6H2;1-2H3. The highest BCUT2D eigenvalue weighted by Crippen LogP contribution is 2.20. The van der Waals surface area contributed by atoms with Crippen molar-refractivity contribution in [2.75, 3.05) is 6.54 Å². The molecule has 0 aromatic carbocycles. The van der Waals surface area contributed by atoms with E-state index in [1.165, 1.54) is 5.57 Å². The maximum absolute atomic E-state index is 3.20. The molecule has 0 saturated heterocycles. The van der Waals surface area contributed by atoms with Crippen molar-refractivity contribution in [2.24, 2.45) is 5.92 Å². The molecule has 0 radical (unpaired) electrons. The zero-order chi connectivity index (χ0) is 8.10. The monoisotopic (exact) mass is 149 g/mol. The fourth-order valence-electron chi connectivity index (χ4n) is 1.24. The molecule has 1 heterocycles. The minimum atomic E-state index is 0.648. The van der Waals surface area contributed by atoms with Crippen LogP contribution in [0.5, 0.6) is 0 Å². The van der Waals surface area contributed by atoms with Gasteiger partial charge in [0.1, 0.15) is 0 Å². The zero-order valence-corrected chi connectivity index (χ0v) is 7.17. The molecular formula is C10H15N. The highest BCUT2D eigenvalue weighted by Gasteiger charge is 2.14. The van der Waals surface area contributed by atoms with Gasteiger partial charge in [0.05, 0.1) is 0 Å². The van der Waals surface area contributed by atoms with E-state index in [-0.39, 0.29) is 0 Å². The molecule has 1 unspecified atom stereocenters. The molecule has 1 N–H and O–H groups in total. The molecule has 60 valence electrons. The Bertz CT molecular complexity index is 196. The normalized spacial score (nSPS) is 24.5. The van der Waals surface area contributed by atoms with Crippen LogP contribution in [-0.2, 0) is 0 Å². The summed E-state index contributed by atoms with van der Waals surface area (Å²) in [6.07, 6.45) is 10.7. The zero-order valence-electron chi connectivity index (χ0n) is 7.17. The van der Waals surface area contributed by atoms with Gasteiger partial charge in [-0.3, -0.25) is 0 Å². The Balaban J connectivity index is 0.000000281. The van der Waals surface area contributed by atoms with Gasteiger partial charge in [-0.15, -0.1) is 0 Å². The van der Waals surface area contributed by atoms with Gasteiger partial charge in [-0.1, -0.05) is 38.2 Å². The fraction of sp³-hybridized carbons (Fsp3) is 0.400. The molecule has 11 heavy (non-hydrogen) atoms. The summed E-state index contributed by atoms with van der Waals surface area (Å²) in [5, 5.41) is 3.20. The summed E-state index contributed by atoms with van der Waals surface area (Å²) in [6.45, 7) is 5.08. The van der Waals surface area contributed by atoms with Crippen LogP contribution in [0.1, 0.15) is 13.8 Å². The minimum Gasteiger partial charge on any atom is -0.390 e. The van der Waals surface area contributed by atoms with E-state index >= 15 is 0 Å². The molecule has 0 fully saturated rings. The van der Waals surface area contributed by atoms with E-state index in [0.717, 1.165) is 6.54 Å². The van der Waals surface area contributed by atoms with E-state index in [1.54, 1.807) is 0 Å². The average molecular weight is 149 g/mol. The van der Waals surface area contributed by atoms with Crippen LogP contribution in [0.3, 0.4) is 0 Å². The molecule has 1 aliphatic heterocycles. The molecule has 2 rings (SSSR count). The Hall–Kier alpha value is -0.980. The van der Waals surface area contributed by atoms with Crippen molar-refractivity contribution >= 4 is 0 Å². The summed E-state index contributed by atoms with van der Waals surface area (Å²) in [7, 11) is 0. The first-order valence-electron chi connectivity index (χ1n) is 4.25. The molecule has 0 aromatic heterocycles. The number of allylic oxidation sites excluding steroid dienone is 3. The van der Waals surface area contributed by atoms with Crippen LogP contribution in [0.2, 0.25) is 0 Å². The molecule has 0 amide bonds. The molecule has 0 aromatic rings. The molecule has 1 aliphatic carbocycles. The lowest BCUT2D eigenvalue weighted by Gasteiger charge is -2.06. The lowest BCUT2D eigenvalue weighted by Crippen LogP contribution is -2.08. The Labute approximate surface area is 68.5 Å². The van der Waals surface area contributed by atoms with Crippen molar-refractivity contribution in [1.82, 2.24) is 5.32 Å². The predicted octanol–water partition coefficient (Wildman–Crippen LogP) is 2.24. The van der Waals surface area contributed by atoms with Gasteiger partial charge in [-0.05, 0) is 5.57 Å². The van der Waals surface area contributed by atoms with Gasteiger partial charge in [-0.25, -0.2) is 0 Å². The van der Waals surface area contributed by atoms with E-state index in [4.69, 9.17) is 0 Å². The van der Waals surface area contributed by atoms with Gasteiger partial charge in [-0.2, -0.15) is 0 Å². The lowest BCUT2D eigenvalue weighted by atomic mass is 9.98. The predicted molar refractivity (Wildman–Crippen MR) is 49.2 cm³/mol. The molecule has 0 spiro atoms. The topological polar surface area (TPSA) is 12.0 Å². The van der Waals surface area contributed by atoms with Gasteiger partial charge in [0.2, 0.25) is 0 Å². The third kappa shape index (κ3) is 1.73. The highest BCUT2D eigenvalue weighted by molar-refractivity contribution is 5.35. The molecule has 1 atom stereocenters. The summed E-state index contributed by atoms with van der Waals surface area (Å²) >= 11 is 0. The summed E-state index contributed by atoms with van der Waals surface area (Å²) in [6, 6.07) is 0. The average Bonchev–Trinajstić information content (AvgIpc) is 2.55. The Morgan fingerprint density at radius 1 is 1.36 bits per heavy atom. The third-order valence-corrected chi connectivity index (χ3v) is 1.78. The van der Waals surface area contributed by atoms with Crippen molar-refractivity contribution in [3.63, 3.8) is 0 Å². The number of hydrogen-bond donors (Lipinski definition) is 1. The quantitative estimate of drug-likeness (QED) is 0.557. The maximum atomic E-state index is 3.20.